The number of carbonyl (C=O) groups is 1. The van der Waals surface area contributed by atoms with Gasteiger partial charge in [0.1, 0.15) is 28.7 Å². The Kier molecular flexibility index (Phi) is 5.84. The van der Waals surface area contributed by atoms with E-state index in [1.54, 1.807) is 34.2 Å². The van der Waals surface area contributed by atoms with Crippen LogP contribution in [-0.2, 0) is 11.8 Å². The zero-order valence-electron chi connectivity index (χ0n) is 20.2. The predicted octanol–water partition coefficient (Wildman–Crippen LogP) is 3.13. The van der Waals surface area contributed by atoms with Gasteiger partial charge in [0.25, 0.3) is 0 Å². The highest BCUT2D eigenvalue weighted by Gasteiger charge is 2.36. The van der Waals surface area contributed by atoms with Crippen LogP contribution in [0.25, 0.3) is 21.9 Å². The molecule has 1 unspecified atom stereocenters. The van der Waals surface area contributed by atoms with Crippen molar-refractivity contribution >= 4 is 33.7 Å². The van der Waals surface area contributed by atoms with E-state index >= 15 is 4.39 Å². The third-order valence-electron chi connectivity index (χ3n) is 6.77. The largest absolute Gasteiger partial charge is 0.383 e. The maximum atomic E-state index is 15.2. The number of hydrogen-bond donors (Lipinski definition) is 1. The standard InChI is InChI=1S/C26H22F2N8O/c1-4-22(37)35-13-16(11-15(35)7-9-29)36-20-8-10-31-26(30)23(20)19(33-36)6-5-17-18(27)12-21-25(24(17)28)32-14(2)34(21)3/h4,8,10,12,15-16H,1,7,11,13H2,2-3H3,(H2,30,31)/t15-,16?/m0/s1. The molecule has 2 N–H and O–H groups in total. The number of halogens is 2. The number of likely N-dealkylation sites (tertiary alicyclic amines) is 1. The number of benzene rings is 1. The molecule has 1 saturated heterocycles. The van der Waals surface area contributed by atoms with Gasteiger partial charge in [0, 0.05) is 31.9 Å². The number of nitriles is 1. The molecule has 186 valence electrons. The SMILES string of the molecule is C=CC(=O)N1CC(n2nc(C#Cc3c(F)cc4c(nc(C)n4C)c3F)c3c(N)nccc32)C[C@@H]1CC#N. The average Bonchev–Trinajstić information content (AvgIpc) is 3.54. The number of fused-ring (bicyclic) bond motifs is 2. The fraction of sp³-hybridized carbons (Fsp3) is 0.269. The van der Waals surface area contributed by atoms with Gasteiger partial charge in [-0.15, -0.1) is 0 Å². The second kappa shape index (κ2) is 9.03. The molecule has 37 heavy (non-hydrogen) atoms. The quantitative estimate of drug-likeness (QED) is 0.341. The fourth-order valence-electron chi connectivity index (χ4n) is 4.84. The van der Waals surface area contributed by atoms with E-state index in [0.717, 1.165) is 0 Å². The molecule has 4 aromatic rings. The summed E-state index contributed by atoms with van der Waals surface area (Å²) in [6.45, 7) is 5.56. The Bertz CT molecular complexity index is 1700. The molecule has 2 atom stereocenters. The highest BCUT2D eigenvalue weighted by atomic mass is 19.1. The van der Waals surface area contributed by atoms with Crippen molar-refractivity contribution in [3.63, 3.8) is 0 Å². The average molecular weight is 501 g/mol. The number of aryl methyl sites for hydroxylation is 2. The molecule has 0 spiro atoms. The van der Waals surface area contributed by atoms with E-state index in [4.69, 9.17) is 5.73 Å². The molecule has 0 bridgehead atoms. The van der Waals surface area contributed by atoms with Crippen LogP contribution in [0, 0.1) is 41.7 Å². The Morgan fingerprint density at radius 2 is 2.14 bits per heavy atom. The molecule has 4 heterocycles. The number of anilines is 1. The smallest absolute Gasteiger partial charge is 0.246 e. The first kappa shape index (κ1) is 23.9. The van der Waals surface area contributed by atoms with Crippen molar-refractivity contribution in [2.75, 3.05) is 12.3 Å². The van der Waals surface area contributed by atoms with E-state index < -0.39 is 17.2 Å². The molecule has 5 rings (SSSR count). The second-order valence-corrected chi connectivity index (χ2v) is 8.87. The monoisotopic (exact) mass is 500 g/mol. The summed E-state index contributed by atoms with van der Waals surface area (Å²) in [4.78, 5) is 22.3. The van der Waals surface area contributed by atoms with Gasteiger partial charge in [-0.3, -0.25) is 9.48 Å². The van der Waals surface area contributed by atoms with Crippen molar-refractivity contribution < 1.29 is 13.6 Å². The summed E-state index contributed by atoms with van der Waals surface area (Å²) >= 11 is 0. The van der Waals surface area contributed by atoms with Gasteiger partial charge in [-0.2, -0.15) is 10.4 Å². The summed E-state index contributed by atoms with van der Waals surface area (Å²) in [5.74, 6) is 4.11. The lowest BCUT2D eigenvalue weighted by atomic mass is 10.1. The maximum absolute atomic E-state index is 15.2. The Balaban J connectivity index is 1.61. The van der Waals surface area contributed by atoms with Crippen LogP contribution >= 0.6 is 0 Å². The zero-order chi connectivity index (χ0) is 26.4. The van der Waals surface area contributed by atoms with Crippen molar-refractivity contribution in [2.45, 2.75) is 31.8 Å². The van der Waals surface area contributed by atoms with Crippen LogP contribution in [0.3, 0.4) is 0 Å². The Morgan fingerprint density at radius 1 is 1.35 bits per heavy atom. The minimum atomic E-state index is -0.852. The first-order valence-corrected chi connectivity index (χ1v) is 11.5. The van der Waals surface area contributed by atoms with Crippen molar-refractivity contribution in [3.8, 4) is 17.9 Å². The van der Waals surface area contributed by atoms with E-state index in [2.05, 4.69) is 39.6 Å². The summed E-state index contributed by atoms with van der Waals surface area (Å²) in [7, 11) is 1.68. The Morgan fingerprint density at radius 3 is 2.86 bits per heavy atom. The number of nitrogens with zero attached hydrogens (tertiary/aromatic N) is 7. The number of nitrogens with two attached hydrogens (primary N) is 1. The van der Waals surface area contributed by atoms with E-state index in [0.29, 0.717) is 35.2 Å². The topological polar surface area (TPSA) is 119 Å². The van der Waals surface area contributed by atoms with E-state index in [1.807, 2.05) is 0 Å². The highest BCUT2D eigenvalue weighted by molar-refractivity contribution is 5.93. The minimum absolute atomic E-state index is 0.0312. The van der Waals surface area contributed by atoms with Crippen LogP contribution in [0.2, 0.25) is 0 Å². The normalized spacial score (nSPS) is 17.1. The van der Waals surface area contributed by atoms with Crippen LogP contribution in [0.1, 0.15) is 36.0 Å². The van der Waals surface area contributed by atoms with Crippen LogP contribution in [0.5, 0.6) is 0 Å². The third kappa shape index (κ3) is 3.85. The molecule has 11 heteroatoms. The van der Waals surface area contributed by atoms with Gasteiger partial charge in [-0.1, -0.05) is 12.5 Å². The number of imidazole rings is 1. The lowest BCUT2D eigenvalue weighted by molar-refractivity contribution is -0.126. The van der Waals surface area contributed by atoms with Gasteiger partial charge in [0.15, 0.2) is 5.82 Å². The lowest BCUT2D eigenvalue weighted by Gasteiger charge is -2.20. The van der Waals surface area contributed by atoms with Gasteiger partial charge in [0.2, 0.25) is 5.91 Å². The zero-order valence-corrected chi connectivity index (χ0v) is 20.2. The first-order valence-electron chi connectivity index (χ1n) is 11.5. The van der Waals surface area contributed by atoms with E-state index in [9.17, 15) is 14.4 Å². The molecular weight excluding hydrogens is 478 g/mol. The molecule has 1 amide bonds. The molecule has 1 aromatic carbocycles. The molecule has 9 nitrogen and oxygen atoms in total. The summed E-state index contributed by atoms with van der Waals surface area (Å²) in [5, 5.41) is 14.3. The summed E-state index contributed by atoms with van der Waals surface area (Å²) < 4.78 is 33.3. The molecule has 1 fully saturated rings. The number of aromatic nitrogens is 5. The predicted molar refractivity (Wildman–Crippen MR) is 133 cm³/mol. The number of carbonyl (C=O) groups excluding carboxylic acids is 1. The molecule has 3 aromatic heterocycles. The number of amides is 1. The van der Waals surface area contributed by atoms with Crippen molar-refractivity contribution in [3.05, 3.63) is 59.7 Å². The highest BCUT2D eigenvalue weighted by Crippen LogP contribution is 2.33. The van der Waals surface area contributed by atoms with Gasteiger partial charge in [-0.05, 0) is 31.4 Å². The summed E-state index contributed by atoms with van der Waals surface area (Å²) in [6, 6.07) is 4.46. The maximum Gasteiger partial charge on any atom is 0.246 e. The molecule has 1 aliphatic rings. The van der Waals surface area contributed by atoms with Gasteiger partial charge in [0.05, 0.1) is 40.5 Å². The van der Waals surface area contributed by atoms with Crippen molar-refractivity contribution in [1.82, 2.24) is 29.2 Å². The second-order valence-electron chi connectivity index (χ2n) is 8.87. The van der Waals surface area contributed by atoms with Gasteiger partial charge >= 0.3 is 0 Å². The first-order chi connectivity index (χ1) is 17.7. The van der Waals surface area contributed by atoms with E-state index in [-0.39, 0.29) is 41.4 Å². The molecule has 0 radical (unpaired) electrons. The Labute approximate surface area is 210 Å². The molecule has 0 saturated carbocycles. The fourth-order valence-corrected chi connectivity index (χ4v) is 4.84. The Hall–Kier alpha value is -4.77. The summed E-state index contributed by atoms with van der Waals surface area (Å²) in [6.07, 6.45) is 3.39. The number of nitrogen functional groups attached to an aromatic ring is 1. The minimum Gasteiger partial charge on any atom is -0.383 e. The van der Waals surface area contributed by atoms with Crippen molar-refractivity contribution in [2.24, 2.45) is 7.05 Å². The molecular formula is C26H22F2N8O. The number of rotatable bonds is 3. The van der Waals surface area contributed by atoms with Gasteiger partial charge in [-0.25, -0.2) is 18.7 Å². The molecule has 0 aliphatic carbocycles. The number of hydrogen-bond acceptors (Lipinski definition) is 6. The van der Waals surface area contributed by atoms with Crippen molar-refractivity contribution in [1.29, 1.82) is 5.26 Å². The van der Waals surface area contributed by atoms with Crippen LogP contribution in [0.4, 0.5) is 14.6 Å². The van der Waals surface area contributed by atoms with E-state index in [1.165, 1.54) is 18.3 Å². The van der Waals surface area contributed by atoms with Crippen LogP contribution in [-0.4, -0.2) is 47.7 Å². The van der Waals surface area contributed by atoms with Gasteiger partial charge < -0.3 is 15.2 Å². The lowest BCUT2D eigenvalue weighted by Crippen LogP contribution is -2.34. The third-order valence-corrected chi connectivity index (χ3v) is 6.77. The van der Waals surface area contributed by atoms with Crippen LogP contribution in [0.15, 0.2) is 31.0 Å². The molecule has 1 aliphatic heterocycles. The summed E-state index contributed by atoms with van der Waals surface area (Å²) in [5.41, 5.74) is 6.89. The van der Waals surface area contributed by atoms with Crippen LogP contribution < -0.4 is 5.73 Å². The number of pyridine rings is 1.